The van der Waals surface area contributed by atoms with Crippen molar-refractivity contribution in [3.05, 3.63) is 33.3 Å². The smallest absolute Gasteiger partial charge is 0.292 e. The lowest BCUT2D eigenvalue weighted by Crippen LogP contribution is -2.30. The fraction of sp³-hybridized carbons (Fsp3) is 0.364. The number of ether oxygens (including phenoxy) is 1. The molecule has 2 N–H and O–H groups in total. The summed E-state index contributed by atoms with van der Waals surface area (Å²) >= 11 is 5.74. The first-order chi connectivity index (χ1) is 9.04. The Morgan fingerprint density at radius 1 is 1.53 bits per heavy atom. The number of rotatable bonds is 7. The summed E-state index contributed by atoms with van der Waals surface area (Å²) in [7, 11) is 1.55. The molecule has 0 spiro atoms. The molecule has 7 nitrogen and oxygen atoms in total. The van der Waals surface area contributed by atoms with Crippen molar-refractivity contribution in [1.82, 2.24) is 5.32 Å². The summed E-state index contributed by atoms with van der Waals surface area (Å²) in [5, 5.41) is 16.4. The molecule has 0 saturated carbocycles. The zero-order chi connectivity index (χ0) is 14.3. The molecule has 8 heteroatoms. The third-order valence-electron chi connectivity index (χ3n) is 2.20. The number of nitro groups is 1. The van der Waals surface area contributed by atoms with E-state index in [9.17, 15) is 14.9 Å². The first kappa shape index (κ1) is 15.4. The third-order valence-corrected chi connectivity index (χ3v) is 2.43. The highest BCUT2D eigenvalue weighted by molar-refractivity contribution is 6.31. The molecule has 1 aromatic rings. The second-order valence-electron chi connectivity index (χ2n) is 3.64. The summed E-state index contributed by atoms with van der Waals surface area (Å²) in [5.74, 6) is -0.388. The second-order valence-corrected chi connectivity index (χ2v) is 4.07. The fourth-order valence-electron chi connectivity index (χ4n) is 1.34. The van der Waals surface area contributed by atoms with Crippen LogP contribution in [0, 0.1) is 10.1 Å². The lowest BCUT2D eigenvalue weighted by molar-refractivity contribution is -0.383. The molecule has 1 rings (SSSR count). The minimum atomic E-state index is -0.579. The van der Waals surface area contributed by atoms with Gasteiger partial charge in [0.05, 0.1) is 18.1 Å². The molecule has 0 radical (unpaired) electrons. The van der Waals surface area contributed by atoms with E-state index in [1.54, 1.807) is 7.11 Å². The maximum atomic E-state index is 11.6. The van der Waals surface area contributed by atoms with Gasteiger partial charge in [0.25, 0.3) is 5.69 Å². The molecule has 1 amide bonds. The molecule has 19 heavy (non-hydrogen) atoms. The van der Waals surface area contributed by atoms with Gasteiger partial charge in [0.1, 0.15) is 5.69 Å². The number of nitrogens with one attached hydrogen (secondary N) is 2. The zero-order valence-electron chi connectivity index (χ0n) is 10.3. The van der Waals surface area contributed by atoms with Crippen LogP contribution in [0.5, 0.6) is 0 Å². The van der Waals surface area contributed by atoms with Gasteiger partial charge >= 0.3 is 0 Å². The van der Waals surface area contributed by atoms with Gasteiger partial charge in [-0.1, -0.05) is 11.6 Å². The van der Waals surface area contributed by atoms with Gasteiger partial charge in [-0.2, -0.15) is 0 Å². The van der Waals surface area contributed by atoms with Crippen molar-refractivity contribution in [3.63, 3.8) is 0 Å². The normalized spacial score (nSPS) is 10.2. The number of anilines is 1. The summed E-state index contributed by atoms with van der Waals surface area (Å²) in [4.78, 5) is 21.8. The van der Waals surface area contributed by atoms with E-state index >= 15 is 0 Å². The molecule has 104 valence electrons. The van der Waals surface area contributed by atoms with Crippen LogP contribution in [-0.4, -0.2) is 37.6 Å². The van der Waals surface area contributed by atoms with E-state index in [1.165, 1.54) is 18.2 Å². The van der Waals surface area contributed by atoms with Crippen molar-refractivity contribution in [2.75, 3.05) is 32.1 Å². The molecule has 0 fully saturated rings. The lowest BCUT2D eigenvalue weighted by atomic mass is 10.2. The van der Waals surface area contributed by atoms with Crippen molar-refractivity contribution in [2.24, 2.45) is 0 Å². The summed E-state index contributed by atoms with van der Waals surface area (Å²) in [5.41, 5.74) is -0.120. The molecule has 0 aliphatic rings. The Morgan fingerprint density at radius 3 is 2.89 bits per heavy atom. The van der Waals surface area contributed by atoms with Crippen molar-refractivity contribution in [1.29, 1.82) is 0 Å². The van der Waals surface area contributed by atoms with Crippen LogP contribution >= 0.6 is 11.6 Å². The molecule has 0 bridgehead atoms. The van der Waals surface area contributed by atoms with Gasteiger partial charge in [-0.25, -0.2) is 0 Å². The average Bonchev–Trinajstić information content (AvgIpc) is 2.34. The molecule has 0 heterocycles. The van der Waals surface area contributed by atoms with Gasteiger partial charge in [-0.3, -0.25) is 14.9 Å². The number of amides is 1. The first-order valence-electron chi connectivity index (χ1n) is 5.48. The summed E-state index contributed by atoms with van der Waals surface area (Å²) in [6, 6.07) is 3.98. The minimum absolute atomic E-state index is 0.0347. The molecular weight excluding hydrogens is 274 g/mol. The lowest BCUT2D eigenvalue weighted by Gasteiger charge is -2.07. The molecular formula is C11H14ClN3O4. The topological polar surface area (TPSA) is 93.5 Å². The Hall–Kier alpha value is -1.70. The second kappa shape index (κ2) is 7.67. The Morgan fingerprint density at radius 2 is 2.26 bits per heavy atom. The Bertz CT molecular complexity index is 467. The van der Waals surface area contributed by atoms with Gasteiger partial charge < -0.3 is 15.4 Å². The maximum Gasteiger partial charge on any atom is 0.292 e. The van der Waals surface area contributed by atoms with Crippen molar-refractivity contribution in [2.45, 2.75) is 0 Å². The molecule has 0 unspecified atom stereocenters. The van der Waals surface area contributed by atoms with Crippen molar-refractivity contribution < 1.29 is 14.5 Å². The molecule has 0 aliphatic heterocycles. The highest BCUT2D eigenvalue weighted by Crippen LogP contribution is 2.27. The largest absolute Gasteiger partial charge is 0.383 e. The summed E-state index contributed by atoms with van der Waals surface area (Å²) < 4.78 is 4.81. The van der Waals surface area contributed by atoms with Gasteiger partial charge in [0.15, 0.2) is 0 Å². The number of carbonyl (C=O) groups excluding carboxylic acids is 1. The number of benzene rings is 1. The predicted octanol–water partition coefficient (Wildman–Crippen LogP) is 1.42. The van der Waals surface area contributed by atoms with E-state index in [0.717, 1.165) is 0 Å². The van der Waals surface area contributed by atoms with E-state index in [-0.39, 0.29) is 23.8 Å². The SMILES string of the molecule is COCCNCC(=O)Nc1cc(Cl)ccc1[N+](=O)[O-]. The van der Waals surface area contributed by atoms with Crippen molar-refractivity contribution in [3.8, 4) is 0 Å². The predicted molar refractivity (Wildman–Crippen MR) is 71.5 cm³/mol. The van der Waals surface area contributed by atoms with E-state index in [0.29, 0.717) is 18.2 Å². The monoisotopic (exact) mass is 287 g/mol. The molecule has 0 saturated heterocycles. The van der Waals surface area contributed by atoms with Crippen LogP contribution in [-0.2, 0) is 9.53 Å². The van der Waals surface area contributed by atoms with Crippen LogP contribution in [0.25, 0.3) is 0 Å². The quantitative estimate of drug-likeness (QED) is 0.449. The number of halogens is 1. The summed E-state index contributed by atoms with van der Waals surface area (Å²) in [6.45, 7) is 1.03. The van der Waals surface area contributed by atoms with E-state index in [4.69, 9.17) is 16.3 Å². The molecule has 1 aromatic carbocycles. The number of nitro benzene ring substituents is 1. The minimum Gasteiger partial charge on any atom is -0.383 e. The third kappa shape index (κ3) is 5.21. The van der Waals surface area contributed by atoms with Gasteiger partial charge in [0.2, 0.25) is 5.91 Å². The summed E-state index contributed by atoms with van der Waals surface area (Å²) in [6.07, 6.45) is 0. The molecule has 0 atom stereocenters. The fourth-order valence-corrected chi connectivity index (χ4v) is 1.51. The van der Waals surface area contributed by atoms with Gasteiger partial charge in [0, 0.05) is 24.7 Å². The Balaban J connectivity index is 2.62. The number of methoxy groups -OCH3 is 1. The number of hydrogen-bond donors (Lipinski definition) is 2. The Kier molecular flexibility index (Phi) is 6.20. The Labute approximate surface area is 115 Å². The van der Waals surface area contributed by atoms with Crippen LogP contribution in [0.3, 0.4) is 0 Å². The van der Waals surface area contributed by atoms with E-state index in [2.05, 4.69) is 10.6 Å². The van der Waals surface area contributed by atoms with Crippen LogP contribution in [0.2, 0.25) is 5.02 Å². The van der Waals surface area contributed by atoms with Crippen LogP contribution in [0.1, 0.15) is 0 Å². The van der Waals surface area contributed by atoms with Crippen LogP contribution < -0.4 is 10.6 Å². The maximum absolute atomic E-state index is 11.6. The number of carbonyl (C=O) groups is 1. The highest BCUT2D eigenvalue weighted by Gasteiger charge is 2.15. The first-order valence-corrected chi connectivity index (χ1v) is 5.86. The van der Waals surface area contributed by atoms with E-state index in [1.807, 2.05) is 0 Å². The van der Waals surface area contributed by atoms with Crippen molar-refractivity contribution >= 4 is 28.9 Å². The average molecular weight is 288 g/mol. The standard InChI is InChI=1S/C11H14ClN3O4/c1-19-5-4-13-7-11(16)14-9-6-8(12)2-3-10(9)15(17)18/h2-3,6,13H,4-5,7H2,1H3,(H,14,16). The van der Waals surface area contributed by atoms with Crippen LogP contribution in [0.4, 0.5) is 11.4 Å². The number of nitrogens with zero attached hydrogens (tertiary/aromatic N) is 1. The highest BCUT2D eigenvalue weighted by atomic mass is 35.5. The van der Waals surface area contributed by atoms with Crippen LogP contribution in [0.15, 0.2) is 18.2 Å². The molecule has 0 aliphatic carbocycles. The van der Waals surface area contributed by atoms with E-state index < -0.39 is 4.92 Å². The van der Waals surface area contributed by atoms with Gasteiger partial charge in [-0.15, -0.1) is 0 Å². The molecule has 0 aromatic heterocycles. The number of hydrogen-bond acceptors (Lipinski definition) is 5. The zero-order valence-corrected chi connectivity index (χ0v) is 11.1. The van der Waals surface area contributed by atoms with Gasteiger partial charge in [-0.05, 0) is 12.1 Å².